The third-order valence-electron chi connectivity index (χ3n) is 8.82. The molecule has 7 N–H and O–H groups in total. The van der Waals surface area contributed by atoms with E-state index in [1.807, 2.05) is 12.1 Å². The van der Waals surface area contributed by atoms with Crippen molar-refractivity contribution in [3.63, 3.8) is 0 Å². The molecule has 0 saturated heterocycles. The summed E-state index contributed by atoms with van der Waals surface area (Å²) in [7, 11) is 2.92. The van der Waals surface area contributed by atoms with Crippen LogP contribution in [0.4, 0.5) is 0 Å². The summed E-state index contributed by atoms with van der Waals surface area (Å²) in [5.74, 6) is -9.02. The highest BCUT2D eigenvalue weighted by Gasteiger charge is 2.68. The number of aliphatic hydroxyl groups is 4. The molecule has 0 bridgehead atoms. The van der Waals surface area contributed by atoms with E-state index in [9.17, 15) is 39.9 Å². The number of nitrogens with two attached hydrogens (primary N) is 1. The van der Waals surface area contributed by atoms with Crippen molar-refractivity contribution >= 4 is 34.2 Å². The lowest BCUT2D eigenvalue weighted by atomic mass is 9.54. The molecule has 1 amide bonds. The number of furan rings is 1. The molecule has 3 aliphatic carbocycles. The lowest BCUT2D eigenvalue weighted by Gasteiger charge is -2.53. The summed E-state index contributed by atoms with van der Waals surface area (Å²) >= 11 is 0. The maximum Gasteiger partial charge on any atom is 0.255 e. The van der Waals surface area contributed by atoms with Gasteiger partial charge in [-0.2, -0.15) is 0 Å². The van der Waals surface area contributed by atoms with Crippen molar-refractivity contribution in [1.29, 1.82) is 0 Å². The fourth-order valence-electron chi connectivity index (χ4n) is 6.93. The molecule has 1 saturated carbocycles. The van der Waals surface area contributed by atoms with Crippen LogP contribution in [-0.4, -0.2) is 79.7 Å². The van der Waals surface area contributed by atoms with E-state index >= 15 is 0 Å². The second-order valence-electron chi connectivity index (χ2n) is 11.1. The van der Waals surface area contributed by atoms with E-state index in [1.165, 1.54) is 19.0 Å². The molecule has 1 aromatic heterocycles. The zero-order valence-electron chi connectivity index (χ0n) is 22.3. The largest absolute Gasteiger partial charge is 0.508 e. The predicted molar refractivity (Wildman–Crippen MR) is 146 cm³/mol. The number of primary amides is 1. The number of para-hydroxylation sites is 1. The molecular formula is C30H28N2O9. The van der Waals surface area contributed by atoms with E-state index < -0.39 is 81.4 Å². The molecular weight excluding hydrogens is 532 g/mol. The Morgan fingerprint density at radius 3 is 2.39 bits per heavy atom. The highest BCUT2D eigenvalue weighted by atomic mass is 16.4. The van der Waals surface area contributed by atoms with Crippen molar-refractivity contribution in [2.75, 3.05) is 14.1 Å². The highest BCUT2D eigenvalue weighted by Crippen LogP contribution is 2.57. The quantitative estimate of drug-likeness (QED) is 0.258. The maximum atomic E-state index is 14.1. The Morgan fingerprint density at radius 1 is 1.07 bits per heavy atom. The fourth-order valence-corrected chi connectivity index (χ4v) is 6.93. The first kappa shape index (κ1) is 26.8. The molecule has 3 aliphatic rings. The second kappa shape index (κ2) is 8.77. The number of Topliss-reactive ketones (excluding diaryl/α,β-unsaturated/α-hetero) is 2. The number of phenols is 1. The zero-order chi connectivity index (χ0) is 29.7. The average Bonchev–Trinajstić information content (AvgIpc) is 3.34. The van der Waals surface area contributed by atoms with Crippen molar-refractivity contribution in [2.24, 2.45) is 17.6 Å². The maximum absolute atomic E-state index is 14.1. The number of ketones is 2. The molecule has 1 heterocycles. The minimum Gasteiger partial charge on any atom is -0.508 e. The van der Waals surface area contributed by atoms with Gasteiger partial charge in [0.1, 0.15) is 34.2 Å². The summed E-state index contributed by atoms with van der Waals surface area (Å²) < 4.78 is 5.89. The van der Waals surface area contributed by atoms with Crippen molar-refractivity contribution in [3.8, 4) is 17.1 Å². The van der Waals surface area contributed by atoms with Crippen LogP contribution in [0.1, 0.15) is 24.0 Å². The Labute approximate surface area is 233 Å². The molecule has 2 aromatic carbocycles. The Balaban J connectivity index is 1.59. The molecule has 6 unspecified atom stereocenters. The van der Waals surface area contributed by atoms with Crippen LogP contribution >= 0.6 is 0 Å². The number of likely N-dealkylation sites (N-methyl/N-ethyl adjacent to an activating group) is 1. The Kier molecular flexibility index (Phi) is 5.73. The van der Waals surface area contributed by atoms with Crippen molar-refractivity contribution < 1.29 is 44.3 Å². The number of benzene rings is 2. The highest BCUT2D eigenvalue weighted by molar-refractivity contribution is 6.24. The topological polar surface area (TPSA) is 195 Å². The molecule has 0 aliphatic heterocycles. The molecule has 6 atom stereocenters. The van der Waals surface area contributed by atoms with Crippen molar-refractivity contribution in [2.45, 2.75) is 30.6 Å². The lowest BCUT2D eigenvalue weighted by molar-refractivity contribution is -0.169. The van der Waals surface area contributed by atoms with Gasteiger partial charge in [0.15, 0.2) is 11.4 Å². The van der Waals surface area contributed by atoms with E-state index in [-0.39, 0.29) is 11.1 Å². The lowest BCUT2D eigenvalue weighted by Crippen LogP contribution is -2.70. The van der Waals surface area contributed by atoms with Gasteiger partial charge < -0.3 is 35.7 Å². The molecule has 0 radical (unpaired) electrons. The van der Waals surface area contributed by atoms with Crippen LogP contribution in [-0.2, 0) is 14.4 Å². The first-order valence-electron chi connectivity index (χ1n) is 13.0. The number of carbonyl (C=O) groups excluding carboxylic acids is 3. The summed E-state index contributed by atoms with van der Waals surface area (Å²) in [6.45, 7) is 1.68. The Hall–Kier alpha value is -4.45. The fraction of sp³-hybridized carbons (Fsp3) is 0.300. The van der Waals surface area contributed by atoms with Gasteiger partial charge in [-0.15, -0.1) is 0 Å². The number of aromatic hydroxyl groups is 1. The van der Waals surface area contributed by atoms with E-state index in [1.54, 1.807) is 37.3 Å². The van der Waals surface area contributed by atoms with Crippen LogP contribution in [0.3, 0.4) is 0 Å². The number of hydrogen-bond acceptors (Lipinski definition) is 10. The standard InChI is InChI=1S/C30H28N2O9/c1-11-13-8-9-14(16-10-12-6-4-5-7-15(12)41-16)23(33)18(13)24(34)19-17(11)25(35)21-22(32(2)3)26(36)20(29(31)39)28(38)30(21,40)27(19)37/h4-11,17,21-22,25,33-35,38,40H,1-3H3,(H2,31,39). The average molecular weight is 561 g/mol. The third-order valence-corrected chi connectivity index (χ3v) is 8.82. The molecule has 41 heavy (non-hydrogen) atoms. The van der Waals surface area contributed by atoms with Gasteiger partial charge in [0, 0.05) is 16.9 Å². The first-order valence-corrected chi connectivity index (χ1v) is 13.0. The van der Waals surface area contributed by atoms with Gasteiger partial charge in [-0.25, -0.2) is 0 Å². The number of amides is 1. The van der Waals surface area contributed by atoms with E-state index in [4.69, 9.17) is 10.2 Å². The molecule has 212 valence electrons. The molecule has 3 aromatic rings. The number of carbonyl (C=O) groups is 3. The van der Waals surface area contributed by atoms with E-state index in [2.05, 4.69) is 0 Å². The molecule has 1 fully saturated rings. The third kappa shape index (κ3) is 3.33. The number of rotatable bonds is 3. The number of phenolic OH excluding ortho intramolecular Hbond substituents is 1. The van der Waals surface area contributed by atoms with Gasteiger partial charge in [0.05, 0.1) is 29.2 Å². The number of hydrogen-bond donors (Lipinski definition) is 6. The monoisotopic (exact) mass is 560 g/mol. The first-order chi connectivity index (χ1) is 19.3. The van der Waals surface area contributed by atoms with Gasteiger partial charge >= 0.3 is 0 Å². The molecule has 6 rings (SSSR count). The van der Waals surface area contributed by atoms with E-state index in [0.29, 0.717) is 16.9 Å². The van der Waals surface area contributed by atoms with Gasteiger partial charge in [-0.1, -0.05) is 31.2 Å². The van der Waals surface area contributed by atoms with Crippen LogP contribution in [0.2, 0.25) is 0 Å². The van der Waals surface area contributed by atoms with Gasteiger partial charge in [0.25, 0.3) is 5.91 Å². The van der Waals surface area contributed by atoms with Gasteiger partial charge in [-0.3, -0.25) is 19.3 Å². The minimum absolute atomic E-state index is 0.0982. The molecule has 11 heteroatoms. The number of nitrogens with zero attached hydrogens (tertiary/aromatic N) is 1. The summed E-state index contributed by atoms with van der Waals surface area (Å²) in [6, 6.07) is 10.8. The van der Waals surface area contributed by atoms with Gasteiger partial charge in [-0.05, 0) is 43.8 Å². The van der Waals surface area contributed by atoms with Crippen LogP contribution in [0.25, 0.3) is 28.1 Å². The van der Waals surface area contributed by atoms with Crippen LogP contribution in [0, 0.1) is 11.8 Å². The van der Waals surface area contributed by atoms with Crippen molar-refractivity contribution in [1.82, 2.24) is 4.90 Å². The molecule has 11 nitrogen and oxygen atoms in total. The van der Waals surface area contributed by atoms with Crippen LogP contribution in [0.15, 0.2) is 63.8 Å². The smallest absolute Gasteiger partial charge is 0.255 e. The number of fused-ring (bicyclic) bond motifs is 4. The normalized spacial score (nSPS) is 29.6. The summed E-state index contributed by atoms with van der Waals surface area (Å²) in [6.07, 6.45) is -1.65. The van der Waals surface area contributed by atoms with Crippen LogP contribution < -0.4 is 5.73 Å². The second-order valence-corrected chi connectivity index (χ2v) is 11.1. The van der Waals surface area contributed by atoms with Crippen molar-refractivity contribution in [3.05, 3.63) is 70.5 Å². The Bertz CT molecular complexity index is 1720. The zero-order valence-corrected chi connectivity index (χ0v) is 22.3. The number of aliphatic hydroxyl groups excluding tert-OH is 3. The SMILES string of the molecule is CC1c2ccc(-c3cc4ccccc4o3)c(O)c2C(O)=C2C(=O)C3(O)C(O)=C(C(N)=O)C(=O)C(N(C)C)C3C(O)C21. The molecule has 0 spiro atoms. The summed E-state index contributed by atoms with van der Waals surface area (Å²) in [4.78, 5) is 40.9. The van der Waals surface area contributed by atoms with E-state index in [0.717, 1.165) is 5.39 Å². The minimum atomic E-state index is -2.96. The van der Waals surface area contributed by atoms with Crippen LogP contribution in [0.5, 0.6) is 5.75 Å². The predicted octanol–water partition coefficient (Wildman–Crippen LogP) is 1.91. The van der Waals surface area contributed by atoms with Gasteiger partial charge in [0.2, 0.25) is 5.78 Å². The summed E-state index contributed by atoms with van der Waals surface area (Å²) in [5.41, 5.74) is 2.10. The summed E-state index contributed by atoms with van der Waals surface area (Å²) in [5, 5.41) is 58.2. The Morgan fingerprint density at radius 2 is 1.76 bits per heavy atom.